The van der Waals surface area contributed by atoms with Crippen LogP contribution in [0.4, 0.5) is 13.6 Å². The van der Waals surface area contributed by atoms with E-state index in [1.54, 1.807) is 4.90 Å². The van der Waals surface area contributed by atoms with E-state index in [1.165, 1.54) is 19.2 Å². The van der Waals surface area contributed by atoms with E-state index in [0.717, 1.165) is 44.8 Å². The van der Waals surface area contributed by atoms with Crippen molar-refractivity contribution in [2.45, 2.75) is 50.6 Å². The topological polar surface area (TPSA) is 49.9 Å². The monoisotopic (exact) mass is 390 g/mol. The van der Waals surface area contributed by atoms with Crippen molar-refractivity contribution in [3.8, 4) is 0 Å². The first-order chi connectivity index (χ1) is 13.5. The highest BCUT2D eigenvalue weighted by Gasteiger charge is 2.48. The number of rotatable bonds is 2. The van der Waals surface area contributed by atoms with Crippen LogP contribution in [0.3, 0.4) is 0 Å². The van der Waals surface area contributed by atoms with Crippen molar-refractivity contribution >= 4 is 17.6 Å². The highest BCUT2D eigenvalue weighted by molar-refractivity contribution is 6.01. The average Bonchev–Trinajstić information content (AvgIpc) is 3.01. The molecular weight excluding hydrogens is 366 g/mol. The van der Waals surface area contributed by atoms with E-state index in [0.29, 0.717) is 24.0 Å². The Morgan fingerprint density at radius 3 is 2.54 bits per heavy atom. The minimum Gasteiger partial charge on any atom is -0.466 e. The van der Waals surface area contributed by atoms with Gasteiger partial charge in [0.15, 0.2) is 0 Å². The van der Waals surface area contributed by atoms with Gasteiger partial charge in [0.25, 0.3) is 0 Å². The third-order valence-electron chi connectivity index (χ3n) is 6.11. The third-order valence-corrected chi connectivity index (χ3v) is 6.11. The Morgan fingerprint density at radius 1 is 1.11 bits per heavy atom. The molecule has 1 aromatic rings. The summed E-state index contributed by atoms with van der Waals surface area (Å²) in [5, 5.41) is 0. The fourth-order valence-corrected chi connectivity index (χ4v) is 4.81. The summed E-state index contributed by atoms with van der Waals surface area (Å²) in [6, 6.07) is 2.81. The fourth-order valence-electron chi connectivity index (χ4n) is 4.81. The maximum Gasteiger partial charge on any atom is 0.336 e. The van der Waals surface area contributed by atoms with Gasteiger partial charge in [-0.2, -0.15) is 0 Å². The Balaban J connectivity index is 1.74. The predicted molar refractivity (Wildman–Crippen MR) is 99.4 cm³/mol. The molecule has 2 atom stereocenters. The largest absolute Gasteiger partial charge is 0.466 e. The molecule has 150 valence electrons. The standard InChI is InChI=1S/C21H24F2N2O3/c1-28-20(26)19-16(15-7-5-13(22)11-17(15)23)12-14-6-8-18(19)25(14)21(27)24-9-3-2-4-10-24/h5,7,11,14,18H,2-4,6,8-10,12H2,1H3/t14-,18+/m0/s1. The Labute approximate surface area is 162 Å². The quantitative estimate of drug-likeness (QED) is 0.723. The predicted octanol–water partition coefficient (Wildman–Crippen LogP) is 3.73. The summed E-state index contributed by atoms with van der Waals surface area (Å²) in [4.78, 5) is 29.5. The maximum atomic E-state index is 14.5. The van der Waals surface area contributed by atoms with Gasteiger partial charge in [0.2, 0.25) is 0 Å². The van der Waals surface area contributed by atoms with E-state index in [1.807, 2.05) is 4.90 Å². The SMILES string of the molecule is COC(=O)C1=C(c2ccc(F)cc2F)C[C@@H]2CC[C@H]1N2C(=O)N1CCCCC1. The van der Waals surface area contributed by atoms with Crippen LogP contribution in [0.25, 0.3) is 5.57 Å². The van der Waals surface area contributed by atoms with Crippen molar-refractivity contribution in [1.29, 1.82) is 0 Å². The molecule has 2 fully saturated rings. The molecule has 2 saturated heterocycles. The number of fused-ring (bicyclic) bond motifs is 2. The number of piperidine rings is 1. The number of benzene rings is 1. The molecule has 1 aromatic carbocycles. The lowest BCUT2D eigenvalue weighted by Gasteiger charge is -2.41. The average molecular weight is 390 g/mol. The second-order valence-electron chi connectivity index (χ2n) is 7.70. The van der Waals surface area contributed by atoms with Crippen LogP contribution in [0, 0.1) is 11.6 Å². The molecule has 2 amide bonds. The van der Waals surface area contributed by atoms with Gasteiger partial charge >= 0.3 is 12.0 Å². The molecular formula is C21H24F2N2O3. The lowest BCUT2D eigenvalue weighted by Crippen LogP contribution is -2.53. The van der Waals surface area contributed by atoms with Crippen molar-refractivity contribution in [3.05, 3.63) is 41.0 Å². The van der Waals surface area contributed by atoms with Gasteiger partial charge in [-0.3, -0.25) is 0 Å². The molecule has 4 rings (SSSR count). The maximum absolute atomic E-state index is 14.5. The first-order valence-electron chi connectivity index (χ1n) is 9.85. The summed E-state index contributed by atoms with van der Waals surface area (Å²) in [5.74, 6) is -1.92. The summed E-state index contributed by atoms with van der Waals surface area (Å²) in [5.41, 5.74) is 1.07. The highest BCUT2D eigenvalue weighted by Crippen LogP contribution is 2.44. The zero-order chi connectivity index (χ0) is 19.8. The third kappa shape index (κ3) is 3.16. The number of hydrogen-bond acceptors (Lipinski definition) is 3. The minimum atomic E-state index is -0.702. The van der Waals surface area contributed by atoms with Gasteiger partial charge in [0, 0.05) is 30.8 Å². The minimum absolute atomic E-state index is 0.0489. The van der Waals surface area contributed by atoms with Gasteiger partial charge in [-0.05, 0) is 56.2 Å². The number of carbonyl (C=O) groups excluding carboxylic acids is 2. The van der Waals surface area contributed by atoms with Gasteiger partial charge < -0.3 is 14.5 Å². The number of ether oxygens (including phenoxy) is 1. The number of carbonyl (C=O) groups is 2. The summed E-state index contributed by atoms with van der Waals surface area (Å²) in [7, 11) is 1.28. The molecule has 2 bridgehead atoms. The Hall–Kier alpha value is -2.44. The first-order valence-corrected chi connectivity index (χ1v) is 9.85. The van der Waals surface area contributed by atoms with Crippen molar-refractivity contribution in [2.24, 2.45) is 0 Å². The second kappa shape index (κ2) is 7.53. The number of nitrogens with zero attached hydrogens (tertiary/aromatic N) is 2. The molecule has 0 unspecified atom stereocenters. The lowest BCUT2D eigenvalue weighted by atomic mass is 9.88. The molecule has 28 heavy (non-hydrogen) atoms. The zero-order valence-electron chi connectivity index (χ0n) is 15.9. The number of methoxy groups -OCH3 is 1. The molecule has 3 heterocycles. The second-order valence-corrected chi connectivity index (χ2v) is 7.70. The molecule has 0 aliphatic carbocycles. The van der Waals surface area contributed by atoms with Gasteiger partial charge in [-0.1, -0.05) is 0 Å². The van der Waals surface area contributed by atoms with E-state index >= 15 is 0 Å². The van der Waals surface area contributed by atoms with Crippen LogP contribution < -0.4 is 0 Å². The van der Waals surface area contributed by atoms with Crippen LogP contribution in [-0.2, 0) is 9.53 Å². The Kier molecular flexibility index (Phi) is 5.08. The number of halogens is 2. The Bertz CT molecular complexity index is 833. The van der Waals surface area contributed by atoms with Gasteiger partial charge in [-0.15, -0.1) is 0 Å². The van der Waals surface area contributed by atoms with Crippen molar-refractivity contribution < 1.29 is 23.1 Å². The molecule has 7 heteroatoms. The number of hydrogen-bond donors (Lipinski definition) is 0. The molecule has 0 radical (unpaired) electrons. The van der Waals surface area contributed by atoms with Crippen LogP contribution in [0.5, 0.6) is 0 Å². The van der Waals surface area contributed by atoms with Crippen molar-refractivity contribution in [2.75, 3.05) is 20.2 Å². The number of amides is 2. The summed E-state index contributed by atoms with van der Waals surface area (Å²) >= 11 is 0. The van der Waals surface area contributed by atoms with E-state index < -0.39 is 23.6 Å². The Morgan fingerprint density at radius 2 is 1.86 bits per heavy atom. The van der Waals surface area contributed by atoms with Crippen LogP contribution in [-0.4, -0.2) is 54.1 Å². The van der Waals surface area contributed by atoms with Crippen molar-refractivity contribution in [3.63, 3.8) is 0 Å². The lowest BCUT2D eigenvalue weighted by molar-refractivity contribution is -0.136. The number of likely N-dealkylation sites (tertiary alicyclic amines) is 1. The molecule has 3 aliphatic rings. The van der Waals surface area contributed by atoms with Crippen LogP contribution in [0.1, 0.15) is 44.1 Å². The summed E-state index contributed by atoms with van der Waals surface area (Å²) in [6.45, 7) is 1.46. The van der Waals surface area contributed by atoms with Crippen LogP contribution in [0.2, 0.25) is 0 Å². The van der Waals surface area contributed by atoms with Gasteiger partial charge in [-0.25, -0.2) is 18.4 Å². The fraction of sp³-hybridized carbons (Fsp3) is 0.524. The van der Waals surface area contributed by atoms with Crippen LogP contribution >= 0.6 is 0 Å². The molecule has 0 aromatic heterocycles. The molecule has 0 saturated carbocycles. The van der Waals surface area contributed by atoms with E-state index in [2.05, 4.69) is 0 Å². The smallest absolute Gasteiger partial charge is 0.336 e. The first kappa shape index (κ1) is 18.9. The molecule has 0 spiro atoms. The normalized spacial score (nSPS) is 24.5. The highest BCUT2D eigenvalue weighted by atomic mass is 19.1. The molecule has 0 N–H and O–H groups in total. The van der Waals surface area contributed by atoms with E-state index in [4.69, 9.17) is 4.74 Å². The van der Waals surface area contributed by atoms with Crippen LogP contribution in [0.15, 0.2) is 23.8 Å². The molecule has 5 nitrogen and oxygen atoms in total. The van der Waals surface area contributed by atoms with E-state index in [-0.39, 0.29) is 17.6 Å². The van der Waals surface area contributed by atoms with Gasteiger partial charge in [0.05, 0.1) is 18.7 Å². The van der Waals surface area contributed by atoms with Crippen molar-refractivity contribution in [1.82, 2.24) is 9.80 Å². The summed E-state index contributed by atoms with van der Waals surface area (Å²) in [6.07, 6.45) is 4.85. The number of esters is 1. The van der Waals surface area contributed by atoms with Gasteiger partial charge in [0.1, 0.15) is 11.6 Å². The summed E-state index contributed by atoms with van der Waals surface area (Å²) < 4.78 is 32.8. The number of urea groups is 1. The van der Waals surface area contributed by atoms with E-state index in [9.17, 15) is 18.4 Å². The zero-order valence-corrected chi connectivity index (χ0v) is 15.9. The molecule has 3 aliphatic heterocycles.